The van der Waals surface area contributed by atoms with E-state index in [2.05, 4.69) is 69.8 Å². The van der Waals surface area contributed by atoms with E-state index in [0.717, 1.165) is 10.9 Å². The summed E-state index contributed by atoms with van der Waals surface area (Å²) in [6.07, 6.45) is 3.52. The van der Waals surface area contributed by atoms with Crippen molar-refractivity contribution >= 4 is 21.6 Å². The molecule has 0 heterocycles. The number of nitrogens with one attached hydrogen (secondary N) is 1. The second kappa shape index (κ2) is 5.15. The van der Waals surface area contributed by atoms with Gasteiger partial charge in [0.25, 0.3) is 0 Å². The maximum Gasteiger partial charge on any atom is 0.0353 e. The van der Waals surface area contributed by atoms with Crippen molar-refractivity contribution in [3.63, 3.8) is 0 Å². The summed E-state index contributed by atoms with van der Waals surface area (Å²) >= 11 is 3.51. The van der Waals surface area contributed by atoms with Gasteiger partial charge >= 0.3 is 0 Å². The lowest BCUT2D eigenvalue weighted by atomic mass is 9.88. The average molecular weight is 302 g/mol. The van der Waals surface area contributed by atoms with E-state index in [9.17, 15) is 0 Å². The van der Waals surface area contributed by atoms with Crippen LogP contribution < -0.4 is 5.32 Å². The SMILES string of the molecule is Brc1cccc(NC2CCc3ccccc3C2)c1. The van der Waals surface area contributed by atoms with Gasteiger partial charge in [-0.05, 0) is 48.6 Å². The molecular weight excluding hydrogens is 286 g/mol. The first-order valence-corrected chi connectivity index (χ1v) is 7.19. The van der Waals surface area contributed by atoms with E-state index < -0.39 is 0 Å². The van der Waals surface area contributed by atoms with E-state index in [4.69, 9.17) is 0 Å². The first-order chi connectivity index (χ1) is 8.81. The number of hydrogen-bond acceptors (Lipinski definition) is 1. The Morgan fingerprint density at radius 2 is 1.83 bits per heavy atom. The number of anilines is 1. The van der Waals surface area contributed by atoms with Gasteiger partial charge in [-0.15, -0.1) is 0 Å². The van der Waals surface area contributed by atoms with E-state index in [1.54, 1.807) is 0 Å². The number of rotatable bonds is 2. The van der Waals surface area contributed by atoms with Gasteiger partial charge < -0.3 is 5.32 Å². The lowest BCUT2D eigenvalue weighted by molar-refractivity contribution is 0.611. The number of fused-ring (bicyclic) bond motifs is 1. The number of aryl methyl sites for hydroxylation is 1. The molecule has 18 heavy (non-hydrogen) atoms. The lowest BCUT2D eigenvalue weighted by Gasteiger charge is -2.26. The molecular formula is C16H16BrN. The van der Waals surface area contributed by atoms with Crippen molar-refractivity contribution in [3.05, 3.63) is 64.1 Å². The second-order valence-corrected chi connectivity index (χ2v) is 5.78. The van der Waals surface area contributed by atoms with Gasteiger partial charge in [0.1, 0.15) is 0 Å². The van der Waals surface area contributed by atoms with Gasteiger partial charge in [0.15, 0.2) is 0 Å². The number of benzene rings is 2. The molecule has 1 aliphatic carbocycles. The smallest absolute Gasteiger partial charge is 0.0353 e. The molecule has 2 aromatic carbocycles. The van der Waals surface area contributed by atoms with Crippen molar-refractivity contribution in [2.24, 2.45) is 0 Å². The van der Waals surface area contributed by atoms with Gasteiger partial charge in [0, 0.05) is 16.2 Å². The van der Waals surface area contributed by atoms with Crippen molar-refractivity contribution in [2.45, 2.75) is 25.3 Å². The molecule has 0 radical (unpaired) electrons. The zero-order valence-corrected chi connectivity index (χ0v) is 11.8. The molecule has 2 aromatic rings. The Balaban J connectivity index is 1.73. The fourth-order valence-corrected chi connectivity index (χ4v) is 3.03. The molecule has 1 atom stereocenters. The van der Waals surface area contributed by atoms with Crippen molar-refractivity contribution in [1.29, 1.82) is 0 Å². The molecule has 92 valence electrons. The first-order valence-electron chi connectivity index (χ1n) is 6.40. The highest BCUT2D eigenvalue weighted by Crippen LogP contribution is 2.24. The van der Waals surface area contributed by atoms with Gasteiger partial charge in [-0.1, -0.05) is 46.3 Å². The van der Waals surface area contributed by atoms with Gasteiger partial charge in [-0.25, -0.2) is 0 Å². The maximum absolute atomic E-state index is 3.63. The summed E-state index contributed by atoms with van der Waals surface area (Å²) in [6, 6.07) is 17.7. The maximum atomic E-state index is 3.63. The van der Waals surface area contributed by atoms with Crippen LogP contribution in [-0.4, -0.2) is 6.04 Å². The molecule has 0 saturated heterocycles. The van der Waals surface area contributed by atoms with Crippen LogP contribution in [0, 0.1) is 0 Å². The highest BCUT2D eigenvalue weighted by atomic mass is 79.9. The highest BCUT2D eigenvalue weighted by molar-refractivity contribution is 9.10. The van der Waals surface area contributed by atoms with Crippen LogP contribution in [0.25, 0.3) is 0 Å². The van der Waals surface area contributed by atoms with Crippen LogP contribution in [0.1, 0.15) is 17.5 Å². The molecule has 0 aliphatic heterocycles. The molecule has 1 nitrogen and oxygen atoms in total. The largest absolute Gasteiger partial charge is 0.382 e. The molecule has 1 unspecified atom stereocenters. The quantitative estimate of drug-likeness (QED) is 0.866. The third-order valence-corrected chi connectivity index (χ3v) is 4.04. The minimum Gasteiger partial charge on any atom is -0.382 e. The van der Waals surface area contributed by atoms with E-state index in [0.29, 0.717) is 6.04 Å². The van der Waals surface area contributed by atoms with Crippen molar-refractivity contribution in [2.75, 3.05) is 5.32 Å². The van der Waals surface area contributed by atoms with Crippen molar-refractivity contribution in [1.82, 2.24) is 0 Å². The van der Waals surface area contributed by atoms with Crippen molar-refractivity contribution < 1.29 is 0 Å². The van der Waals surface area contributed by atoms with E-state index in [-0.39, 0.29) is 0 Å². The zero-order valence-electron chi connectivity index (χ0n) is 10.2. The van der Waals surface area contributed by atoms with Gasteiger partial charge in [0.05, 0.1) is 0 Å². The Hall–Kier alpha value is -1.28. The third kappa shape index (κ3) is 2.59. The summed E-state index contributed by atoms with van der Waals surface area (Å²) in [6.45, 7) is 0. The van der Waals surface area contributed by atoms with Gasteiger partial charge in [0.2, 0.25) is 0 Å². The van der Waals surface area contributed by atoms with E-state index in [1.165, 1.54) is 29.7 Å². The fraction of sp³-hybridized carbons (Fsp3) is 0.250. The Labute approximate surface area is 116 Å². The summed E-state index contributed by atoms with van der Waals surface area (Å²) in [5, 5.41) is 3.63. The summed E-state index contributed by atoms with van der Waals surface area (Å²) in [7, 11) is 0. The Kier molecular flexibility index (Phi) is 3.37. The number of hydrogen-bond donors (Lipinski definition) is 1. The van der Waals surface area contributed by atoms with Crippen molar-refractivity contribution in [3.8, 4) is 0 Å². The molecule has 0 aromatic heterocycles. The molecule has 1 aliphatic rings. The normalized spacial score (nSPS) is 18.2. The van der Waals surface area contributed by atoms with Crippen LogP contribution in [0.15, 0.2) is 53.0 Å². The predicted octanol–water partition coefficient (Wildman–Crippen LogP) is 4.42. The van der Waals surface area contributed by atoms with Crippen LogP contribution in [-0.2, 0) is 12.8 Å². The summed E-state index contributed by atoms with van der Waals surface area (Å²) in [5.74, 6) is 0. The standard InChI is InChI=1S/C16H16BrN/c17-14-6-3-7-15(11-14)18-16-9-8-12-4-1-2-5-13(12)10-16/h1-7,11,16,18H,8-10H2. The van der Waals surface area contributed by atoms with Crippen LogP contribution in [0.3, 0.4) is 0 Å². The molecule has 0 amide bonds. The molecule has 0 fully saturated rings. The lowest BCUT2D eigenvalue weighted by Crippen LogP contribution is -2.27. The van der Waals surface area contributed by atoms with Gasteiger partial charge in [-0.2, -0.15) is 0 Å². The molecule has 0 saturated carbocycles. The average Bonchev–Trinajstić information content (AvgIpc) is 2.39. The molecule has 0 bridgehead atoms. The highest BCUT2D eigenvalue weighted by Gasteiger charge is 2.17. The topological polar surface area (TPSA) is 12.0 Å². The minimum atomic E-state index is 0.550. The van der Waals surface area contributed by atoms with E-state index >= 15 is 0 Å². The Bertz CT molecular complexity index is 550. The Morgan fingerprint density at radius 1 is 1.00 bits per heavy atom. The monoisotopic (exact) mass is 301 g/mol. The van der Waals surface area contributed by atoms with Crippen LogP contribution in [0.4, 0.5) is 5.69 Å². The second-order valence-electron chi connectivity index (χ2n) is 4.86. The van der Waals surface area contributed by atoms with Crippen LogP contribution in [0.5, 0.6) is 0 Å². The minimum absolute atomic E-state index is 0.550. The predicted molar refractivity (Wildman–Crippen MR) is 80.0 cm³/mol. The molecule has 2 heteroatoms. The molecule has 0 spiro atoms. The van der Waals surface area contributed by atoms with E-state index in [1.807, 2.05) is 0 Å². The first kappa shape index (κ1) is 11.8. The zero-order chi connectivity index (χ0) is 12.4. The fourth-order valence-electron chi connectivity index (χ4n) is 2.63. The third-order valence-electron chi connectivity index (χ3n) is 3.54. The summed E-state index contributed by atoms with van der Waals surface area (Å²) in [5.41, 5.74) is 4.22. The van der Waals surface area contributed by atoms with Crippen LogP contribution in [0.2, 0.25) is 0 Å². The van der Waals surface area contributed by atoms with Gasteiger partial charge in [-0.3, -0.25) is 0 Å². The number of halogens is 1. The summed E-state index contributed by atoms with van der Waals surface area (Å²) < 4.78 is 1.13. The Morgan fingerprint density at radius 3 is 2.67 bits per heavy atom. The van der Waals surface area contributed by atoms with Crippen LogP contribution >= 0.6 is 15.9 Å². The summed E-state index contributed by atoms with van der Waals surface area (Å²) in [4.78, 5) is 0. The molecule has 1 N–H and O–H groups in total. The molecule has 3 rings (SSSR count).